The van der Waals surface area contributed by atoms with E-state index in [0.717, 1.165) is 13.1 Å². The first-order valence-electron chi connectivity index (χ1n) is 15.0. The summed E-state index contributed by atoms with van der Waals surface area (Å²) < 4.78 is 47.7. The number of imide groups is 2. The van der Waals surface area contributed by atoms with Crippen LogP contribution in [0.5, 0.6) is 0 Å². The van der Waals surface area contributed by atoms with Gasteiger partial charge in [0.1, 0.15) is 0 Å². The third kappa shape index (κ3) is 10.5. The van der Waals surface area contributed by atoms with Crippen molar-refractivity contribution in [3.8, 4) is 0 Å². The van der Waals surface area contributed by atoms with Gasteiger partial charge in [0.05, 0.1) is 34.8 Å². The molecule has 6 rings (SSSR count). The average molecular weight is 788 g/mol. The van der Waals surface area contributed by atoms with Gasteiger partial charge in [0.25, 0.3) is 23.6 Å². The molecule has 1 N–H and O–H groups in total. The van der Waals surface area contributed by atoms with E-state index < -0.39 is 20.0 Å². The van der Waals surface area contributed by atoms with Gasteiger partial charge in [-0.15, -0.1) is 0 Å². The molecule has 49 heavy (non-hydrogen) atoms. The quantitative estimate of drug-likeness (QED) is 0.323. The molecule has 0 aromatic heterocycles. The standard InChI is InChI=1S/C15H19N3O4S.C10H8BrNO2.C5H12N2O2S.2CH4/c1-23(21,22)17-9-6-16(7-10-17)8-11-18-14(19)12-4-2-3-5-13(12)15(18)20;11-5-6-12-9(13)7-3-1-2-4-8(7)10(12)14;1-10(8,9)7-4-2-6-3-5-7;;/h2-5H,6-11H2,1H3;1-4H,5-6H2;6H,2-5H2,1H3;2*1H4. The van der Waals surface area contributed by atoms with E-state index in [0.29, 0.717) is 86.5 Å². The Morgan fingerprint density at radius 2 is 0.918 bits per heavy atom. The highest BCUT2D eigenvalue weighted by Gasteiger charge is 2.36. The maximum atomic E-state index is 12.3. The molecule has 0 unspecified atom stereocenters. The number of carbonyl (C=O) groups excluding carboxylic acids is 4. The second kappa shape index (κ2) is 18.3. The second-order valence-electron chi connectivity index (χ2n) is 11.2. The van der Waals surface area contributed by atoms with Crippen molar-refractivity contribution in [2.24, 2.45) is 0 Å². The van der Waals surface area contributed by atoms with Crippen LogP contribution in [-0.4, -0.2) is 154 Å². The number of fused-ring (bicyclic) bond motifs is 2. The molecule has 0 bridgehead atoms. The molecular formula is C32H47BrN6O8S2. The summed E-state index contributed by atoms with van der Waals surface area (Å²) in [6, 6.07) is 13.7. The number of piperazine rings is 2. The highest BCUT2D eigenvalue weighted by molar-refractivity contribution is 9.09. The highest BCUT2D eigenvalue weighted by Crippen LogP contribution is 2.23. The van der Waals surface area contributed by atoms with Crippen LogP contribution in [0, 0.1) is 0 Å². The van der Waals surface area contributed by atoms with Crippen LogP contribution in [0.25, 0.3) is 0 Å². The van der Waals surface area contributed by atoms with E-state index in [1.54, 1.807) is 48.5 Å². The number of hydrogen-bond acceptors (Lipinski definition) is 10. The van der Waals surface area contributed by atoms with E-state index in [1.165, 1.54) is 30.9 Å². The van der Waals surface area contributed by atoms with Gasteiger partial charge in [-0.05, 0) is 24.3 Å². The van der Waals surface area contributed by atoms with Crippen molar-refractivity contribution < 1.29 is 36.0 Å². The maximum Gasteiger partial charge on any atom is 0.261 e. The summed E-state index contributed by atoms with van der Waals surface area (Å²) in [5.41, 5.74) is 1.94. The van der Waals surface area contributed by atoms with Gasteiger partial charge >= 0.3 is 0 Å². The Bertz CT molecular complexity index is 1640. The van der Waals surface area contributed by atoms with Crippen molar-refractivity contribution in [3.63, 3.8) is 0 Å². The van der Waals surface area contributed by atoms with Gasteiger partial charge in [-0.2, -0.15) is 8.61 Å². The summed E-state index contributed by atoms with van der Waals surface area (Å²) in [7, 11) is -6.08. The summed E-state index contributed by atoms with van der Waals surface area (Å²) >= 11 is 3.21. The molecule has 4 heterocycles. The zero-order valence-corrected chi connectivity index (χ0v) is 29.5. The molecule has 0 radical (unpaired) electrons. The Balaban J connectivity index is 0.000000274. The first kappa shape index (κ1) is 42.1. The third-order valence-corrected chi connectivity index (χ3v) is 11.0. The fourth-order valence-corrected chi connectivity index (χ4v) is 7.50. The van der Waals surface area contributed by atoms with Gasteiger partial charge < -0.3 is 5.32 Å². The van der Waals surface area contributed by atoms with Crippen LogP contribution >= 0.6 is 15.9 Å². The van der Waals surface area contributed by atoms with E-state index in [4.69, 9.17) is 0 Å². The Labute approximate surface area is 298 Å². The van der Waals surface area contributed by atoms with Gasteiger partial charge in [-0.1, -0.05) is 55.0 Å². The number of halogens is 1. The number of nitrogens with zero attached hydrogens (tertiary/aromatic N) is 5. The lowest BCUT2D eigenvalue weighted by atomic mass is 10.1. The Morgan fingerprint density at radius 1 is 0.571 bits per heavy atom. The van der Waals surface area contributed by atoms with Gasteiger partial charge in [0, 0.05) is 77.3 Å². The third-order valence-electron chi connectivity index (χ3n) is 8.05. The Morgan fingerprint density at radius 3 is 1.24 bits per heavy atom. The summed E-state index contributed by atoms with van der Waals surface area (Å²) in [5, 5.41) is 3.69. The molecule has 17 heteroatoms. The van der Waals surface area contributed by atoms with E-state index in [9.17, 15) is 36.0 Å². The predicted octanol–water partition coefficient (Wildman–Crippen LogP) is 1.66. The van der Waals surface area contributed by atoms with E-state index >= 15 is 0 Å². The van der Waals surface area contributed by atoms with Crippen LogP contribution < -0.4 is 5.32 Å². The van der Waals surface area contributed by atoms with Crippen LogP contribution in [0.1, 0.15) is 56.3 Å². The molecule has 14 nitrogen and oxygen atoms in total. The summed E-state index contributed by atoms with van der Waals surface area (Å²) in [4.78, 5) is 52.5. The Kier molecular flexibility index (Phi) is 15.7. The molecule has 0 spiro atoms. The van der Waals surface area contributed by atoms with Gasteiger partial charge in [-0.25, -0.2) is 16.8 Å². The smallest absolute Gasteiger partial charge is 0.261 e. The molecule has 2 aromatic rings. The number of alkyl halides is 1. The first-order chi connectivity index (χ1) is 22.2. The van der Waals surface area contributed by atoms with Crippen molar-refractivity contribution in [1.29, 1.82) is 0 Å². The monoisotopic (exact) mass is 786 g/mol. The van der Waals surface area contributed by atoms with Gasteiger partial charge in [0.15, 0.2) is 0 Å². The topological polar surface area (TPSA) is 165 Å². The van der Waals surface area contributed by atoms with E-state index in [2.05, 4.69) is 26.1 Å². The average Bonchev–Trinajstić information content (AvgIpc) is 3.45. The number of rotatable bonds is 7. The molecule has 2 saturated heterocycles. The molecule has 2 aromatic carbocycles. The SMILES string of the molecule is C.C.CS(=O)(=O)N1CCN(CCN2C(=O)c3ccccc3C2=O)CC1.CS(=O)(=O)N1CCNCC1.O=C1c2ccccc2C(=O)N1CCBr. The van der Waals surface area contributed by atoms with Crippen molar-refractivity contribution in [3.05, 3.63) is 70.8 Å². The number of sulfonamides is 2. The molecule has 4 aliphatic heterocycles. The highest BCUT2D eigenvalue weighted by atomic mass is 79.9. The minimum absolute atomic E-state index is 0. The van der Waals surface area contributed by atoms with Crippen LogP contribution in [-0.2, 0) is 20.0 Å². The number of hydrogen-bond donors (Lipinski definition) is 1. The van der Waals surface area contributed by atoms with Gasteiger partial charge in [-0.3, -0.25) is 33.9 Å². The normalized spacial score (nSPS) is 18.3. The maximum absolute atomic E-state index is 12.3. The minimum atomic E-state index is -3.15. The zero-order chi connectivity index (χ0) is 34.4. The predicted molar refractivity (Wildman–Crippen MR) is 193 cm³/mol. The number of benzene rings is 2. The zero-order valence-electron chi connectivity index (χ0n) is 26.3. The lowest BCUT2D eigenvalue weighted by Crippen LogP contribution is -2.50. The van der Waals surface area contributed by atoms with Crippen LogP contribution in [0.2, 0.25) is 0 Å². The molecule has 4 aliphatic rings. The van der Waals surface area contributed by atoms with Gasteiger partial charge in [0.2, 0.25) is 20.0 Å². The molecular weight excluding hydrogens is 740 g/mol. The van der Waals surface area contributed by atoms with Crippen molar-refractivity contribution >= 4 is 59.6 Å². The van der Waals surface area contributed by atoms with E-state index in [-0.39, 0.29) is 38.5 Å². The number of nitrogens with one attached hydrogen (secondary N) is 1. The molecule has 4 amide bonds. The molecule has 0 atom stereocenters. The fraction of sp³-hybridized carbons (Fsp3) is 0.500. The largest absolute Gasteiger partial charge is 0.314 e. The molecule has 0 aliphatic carbocycles. The summed E-state index contributed by atoms with van der Waals surface area (Å²) in [6.07, 6.45) is 2.46. The van der Waals surface area contributed by atoms with Crippen molar-refractivity contribution in [2.45, 2.75) is 14.9 Å². The molecule has 0 saturated carbocycles. The summed E-state index contributed by atoms with van der Waals surface area (Å²) in [5.74, 6) is -0.879. The lowest BCUT2D eigenvalue weighted by Gasteiger charge is -2.33. The summed E-state index contributed by atoms with van der Waals surface area (Å²) in [6.45, 7) is 6.17. The number of amides is 4. The fourth-order valence-electron chi connectivity index (χ4n) is 5.47. The molecule has 2 fully saturated rings. The molecule has 272 valence electrons. The van der Waals surface area contributed by atoms with Crippen LogP contribution in [0.3, 0.4) is 0 Å². The van der Waals surface area contributed by atoms with Crippen molar-refractivity contribution in [1.82, 2.24) is 28.6 Å². The lowest BCUT2D eigenvalue weighted by molar-refractivity contribution is 0.0622. The number of carbonyl (C=O) groups is 4. The van der Waals surface area contributed by atoms with E-state index in [1.807, 2.05) is 0 Å². The van der Waals surface area contributed by atoms with Crippen molar-refractivity contribution in [2.75, 3.05) is 89.8 Å². The first-order valence-corrected chi connectivity index (χ1v) is 19.9. The van der Waals surface area contributed by atoms with Crippen LogP contribution in [0.4, 0.5) is 0 Å². The minimum Gasteiger partial charge on any atom is -0.314 e. The Hall–Kier alpha value is -3.06. The second-order valence-corrected chi connectivity index (χ2v) is 16.0. The van der Waals surface area contributed by atoms with Crippen LogP contribution in [0.15, 0.2) is 48.5 Å².